The fraction of sp³-hybridized carbons (Fsp3) is 1.00. The molecule has 0 aromatic heterocycles. The second kappa shape index (κ2) is 5.10. The van der Waals surface area contributed by atoms with Gasteiger partial charge in [0.15, 0.2) is 0 Å². The molecule has 3 heteroatoms. The molecule has 2 aliphatic rings. The lowest BCUT2D eigenvalue weighted by Crippen LogP contribution is -2.53. The standard InChI is InChI=1S/C11H22N2O/c12-10-5-8-14-9-11(10)13-6-3-1-2-4-7-13/h10-11H,1-9,12H2. The lowest BCUT2D eigenvalue weighted by molar-refractivity contribution is 0.00701. The second-order valence-corrected chi connectivity index (χ2v) is 4.54. The van der Waals surface area contributed by atoms with Gasteiger partial charge in [0.05, 0.1) is 6.61 Å². The number of ether oxygens (including phenoxy) is 1. The average Bonchev–Trinajstić information content (AvgIpc) is 2.47. The predicted octanol–water partition coefficient (Wildman–Crippen LogP) is 0.979. The molecule has 14 heavy (non-hydrogen) atoms. The molecule has 2 rings (SSSR count). The Labute approximate surface area is 86.6 Å². The van der Waals surface area contributed by atoms with Crippen molar-refractivity contribution in [1.29, 1.82) is 0 Å². The predicted molar refractivity (Wildman–Crippen MR) is 57.2 cm³/mol. The third kappa shape index (κ3) is 2.47. The van der Waals surface area contributed by atoms with E-state index in [0.29, 0.717) is 12.1 Å². The van der Waals surface area contributed by atoms with Gasteiger partial charge in [-0.25, -0.2) is 0 Å². The SMILES string of the molecule is NC1CCOCC1N1CCCCCC1. The Bertz CT molecular complexity index is 167. The molecule has 0 aliphatic carbocycles. The van der Waals surface area contributed by atoms with E-state index in [4.69, 9.17) is 10.5 Å². The van der Waals surface area contributed by atoms with Crippen LogP contribution in [0.15, 0.2) is 0 Å². The van der Waals surface area contributed by atoms with Gasteiger partial charge < -0.3 is 10.5 Å². The molecule has 0 aromatic carbocycles. The molecular weight excluding hydrogens is 176 g/mol. The molecule has 0 amide bonds. The summed E-state index contributed by atoms with van der Waals surface area (Å²) in [7, 11) is 0. The lowest BCUT2D eigenvalue weighted by atomic mass is 10.0. The smallest absolute Gasteiger partial charge is 0.0636 e. The molecule has 0 radical (unpaired) electrons. The molecule has 2 saturated heterocycles. The van der Waals surface area contributed by atoms with Gasteiger partial charge in [-0.2, -0.15) is 0 Å². The third-order valence-electron chi connectivity index (χ3n) is 3.49. The molecule has 2 aliphatic heterocycles. The Morgan fingerprint density at radius 3 is 2.43 bits per heavy atom. The summed E-state index contributed by atoms with van der Waals surface area (Å²) in [4.78, 5) is 2.55. The topological polar surface area (TPSA) is 38.5 Å². The molecule has 0 bridgehead atoms. The minimum Gasteiger partial charge on any atom is -0.380 e. The summed E-state index contributed by atoms with van der Waals surface area (Å²) in [6, 6.07) is 0.823. The minimum absolute atomic E-state index is 0.335. The average molecular weight is 198 g/mol. The molecular formula is C11H22N2O. The molecule has 2 heterocycles. The van der Waals surface area contributed by atoms with E-state index < -0.39 is 0 Å². The maximum atomic E-state index is 6.14. The summed E-state index contributed by atoms with van der Waals surface area (Å²) in [5.41, 5.74) is 6.14. The Balaban J connectivity index is 1.90. The van der Waals surface area contributed by atoms with Gasteiger partial charge in [-0.15, -0.1) is 0 Å². The molecule has 0 saturated carbocycles. The number of hydrogen-bond donors (Lipinski definition) is 1. The molecule has 2 atom stereocenters. The number of nitrogens with zero attached hydrogens (tertiary/aromatic N) is 1. The van der Waals surface area contributed by atoms with E-state index in [1.165, 1.54) is 38.8 Å². The normalized spacial score (nSPS) is 36.6. The third-order valence-corrected chi connectivity index (χ3v) is 3.49. The van der Waals surface area contributed by atoms with Crippen LogP contribution >= 0.6 is 0 Å². The highest BCUT2D eigenvalue weighted by Crippen LogP contribution is 2.17. The van der Waals surface area contributed by atoms with Crippen molar-refractivity contribution >= 4 is 0 Å². The van der Waals surface area contributed by atoms with Crippen LogP contribution in [-0.2, 0) is 4.74 Å². The van der Waals surface area contributed by atoms with Crippen molar-refractivity contribution in [3.05, 3.63) is 0 Å². The van der Waals surface area contributed by atoms with Gasteiger partial charge in [-0.3, -0.25) is 4.90 Å². The van der Waals surface area contributed by atoms with Crippen LogP contribution in [0.5, 0.6) is 0 Å². The van der Waals surface area contributed by atoms with Gasteiger partial charge in [0.25, 0.3) is 0 Å². The van der Waals surface area contributed by atoms with Gasteiger partial charge in [-0.1, -0.05) is 12.8 Å². The van der Waals surface area contributed by atoms with E-state index in [9.17, 15) is 0 Å². The summed E-state index contributed by atoms with van der Waals surface area (Å²) in [6.45, 7) is 4.15. The van der Waals surface area contributed by atoms with E-state index in [1.54, 1.807) is 0 Å². The van der Waals surface area contributed by atoms with Crippen LogP contribution in [-0.4, -0.2) is 43.3 Å². The summed E-state index contributed by atoms with van der Waals surface area (Å²) in [5, 5.41) is 0. The first-order valence-electron chi connectivity index (χ1n) is 5.95. The zero-order chi connectivity index (χ0) is 9.80. The summed E-state index contributed by atoms with van der Waals surface area (Å²) in [6.07, 6.45) is 6.48. The van der Waals surface area contributed by atoms with Crippen molar-refractivity contribution in [1.82, 2.24) is 4.90 Å². The number of hydrogen-bond acceptors (Lipinski definition) is 3. The first-order chi connectivity index (χ1) is 6.88. The van der Waals surface area contributed by atoms with Gasteiger partial charge in [0.2, 0.25) is 0 Å². The molecule has 0 spiro atoms. The van der Waals surface area contributed by atoms with Crippen LogP contribution in [0, 0.1) is 0 Å². The highest BCUT2D eigenvalue weighted by atomic mass is 16.5. The second-order valence-electron chi connectivity index (χ2n) is 4.54. The first-order valence-corrected chi connectivity index (χ1v) is 5.95. The molecule has 2 unspecified atom stereocenters. The fourth-order valence-electron chi connectivity index (χ4n) is 2.54. The summed E-state index contributed by atoms with van der Waals surface area (Å²) >= 11 is 0. The van der Waals surface area contributed by atoms with Crippen molar-refractivity contribution in [2.24, 2.45) is 5.73 Å². The van der Waals surface area contributed by atoms with Crippen molar-refractivity contribution in [2.75, 3.05) is 26.3 Å². The highest BCUT2D eigenvalue weighted by Gasteiger charge is 2.28. The van der Waals surface area contributed by atoms with E-state index in [0.717, 1.165) is 19.6 Å². The number of nitrogens with two attached hydrogens (primary N) is 1. The van der Waals surface area contributed by atoms with Crippen LogP contribution in [0.4, 0.5) is 0 Å². The Morgan fingerprint density at radius 2 is 1.79 bits per heavy atom. The largest absolute Gasteiger partial charge is 0.380 e. The van der Waals surface area contributed by atoms with Gasteiger partial charge in [0, 0.05) is 18.7 Å². The lowest BCUT2D eigenvalue weighted by Gasteiger charge is -2.37. The van der Waals surface area contributed by atoms with E-state index in [-0.39, 0.29) is 0 Å². The zero-order valence-corrected chi connectivity index (χ0v) is 8.95. The van der Waals surface area contributed by atoms with Gasteiger partial charge in [-0.05, 0) is 32.4 Å². The van der Waals surface area contributed by atoms with Crippen LogP contribution in [0.1, 0.15) is 32.1 Å². The van der Waals surface area contributed by atoms with Gasteiger partial charge in [0.1, 0.15) is 0 Å². The maximum Gasteiger partial charge on any atom is 0.0636 e. The zero-order valence-electron chi connectivity index (χ0n) is 8.95. The fourth-order valence-corrected chi connectivity index (χ4v) is 2.54. The van der Waals surface area contributed by atoms with Crippen molar-refractivity contribution < 1.29 is 4.74 Å². The molecule has 2 fully saturated rings. The summed E-state index contributed by atoms with van der Waals surface area (Å²) < 4.78 is 5.52. The number of rotatable bonds is 1. The van der Waals surface area contributed by atoms with Crippen LogP contribution in [0.25, 0.3) is 0 Å². The molecule has 0 aromatic rings. The Morgan fingerprint density at radius 1 is 1.07 bits per heavy atom. The monoisotopic (exact) mass is 198 g/mol. The Kier molecular flexibility index (Phi) is 3.79. The highest BCUT2D eigenvalue weighted by molar-refractivity contribution is 4.85. The van der Waals surface area contributed by atoms with E-state index in [1.807, 2.05) is 0 Å². The quantitative estimate of drug-likeness (QED) is 0.682. The molecule has 2 N–H and O–H groups in total. The number of likely N-dealkylation sites (tertiary alicyclic amines) is 1. The van der Waals surface area contributed by atoms with E-state index >= 15 is 0 Å². The first kappa shape index (κ1) is 10.4. The Hall–Kier alpha value is -0.120. The van der Waals surface area contributed by atoms with Crippen LogP contribution in [0.3, 0.4) is 0 Å². The summed E-state index contributed by atoms with van der Waals surface area (Å²) in [5.74, 6) is 0. The van der Waals surface area contributed by atoms with Gasteiger partial charge >= 0.3 is 0 Å². The molecule has 82 valence electrons. The van der Waals surface area contributed by atoms with Crippen LogP contribution < -0.4 is 5.73 Å². The van der Waals surface area contributed by atoms with E-state index in [2.05, 4.69) is 4.90 Å². The maximum absolute atomic E-state index is 6.14. The minimum atomic E-state index is 0.335. The van der Waals surface area contributed by atoms with Crippen LogP contribution in [0.2, 0.25) is 0 Å². The molecule has 3 nitrogen and oxygen atoms in total. The van der Waals surface area contributed by atoms with Crippen molar-refractivity contribution in [3.8, 4) is 0 Å². The van der Waals surface area contributed by atoms with Crippen molar-refractivity contribution in [3.63, 3.8) is 0 Å². The van der Waals surface area contributed by atoms with Crippen molar-refractivity contribution in [2.45, 2.75) is 44.2 Å².